The van der Waals surface area contributed by atoms with Crippen molar-refractivity contribution < 1.29 is 0 Å². The van der Waals surface area contributed by atoms with Crippen molar-refractivity contribution in [2.45, 2.75) is 44.7 Å². The van der Waals surface area contributed by atoms with Crippen LogP contribution in [0.4, 0.5) is 5.82 Å². The van der Waals surface area contributed by atoms with E-state index in [0.717, 1.165) is 12.1 Å². The van der Waals surface area contributed by atoms with Crippen molar-refractivity contribution in [3.63, 3.8) is 0 Å². The lowest BCUT2D eigenvalue weighted by Gasteiger charge is -2.31. The van der Waals surface area contributed by atoms with Gasteiger partial charge in [0.1, 0.15) is 29.1 Å². The van der Waals surface area contributed by atoms with Crippen molar-refractivity contribution in [1.82, 2.24) is 9.88 Å². The monoisotopic (exact) mass is 361 g/mol. The Morgan fingerprint density at radius 1 is 1.19 bits per heavy atom. The molecule has 3 N–H and O–H groups in total. The zero-order valence-electron chi connectivity index (χ0n) is 15.5. The summed E-state index contributed by atoms with van der Waals surface area (Å²) in [6, 6.07) is 12.2. The molecule has 0 amide bonds. The van der Waals surface area contributed by atoms with Crippen molar-refractivity contribution in [3.05, 3.63) is 51.3 Å². The van der Waals surface area contributed by atoms with Crippen molar-refractivity contribution in [2.75, 3.05) is 12.8 Å². The van der Waals surface area contributed by atoms with Crippen molar-refractivity contribution in [3.8, 4) is 23.3 Å². The summed E-state index contributed by atoms with van der Waals surface area (Å²) >= 11 is 0. The molecule has 0 radical (unpaired) electrons. The Bertz CT molecular complexity index is 974. The van der Waals surface area contributed by atoms with E-state index in [0.29, 0.717) is 17.2 Å². The number of rotatable bonds is 4. The van der Waals surface area contributed by atoms with E-state index in [1.807, 2.05) is 30.3 Å². The average Bonchev–Trinajstić information content (AvgIpc) is 2.68. The van der Waals surface area contributed by atoms with Gasteiger partial charge in [-0.1, -0.05) is 37.5 Å². The van der Waals surface area contributed by atoms with E-state index in [1.165, 1.54) is 32.1 Å². The summed E-state index contributed by atoms with van der Waals surface area (Å²) in [7, 11) is 2.13. The third-order valence-electron chi connectivity index (χ3n) is 5.31. The molecule has 0 saturated heterocycles. The number of pyridine rings is 1. The minimum absolute atomic E-state index is 0.0128. The number of aromatic amines is 1. The fraction of sp³-hybridized carbons (Fsp3) is 0.381. The second-order valence-electron chi connectivity index (χ2n) is 7.12. The van der Waals surface area contributed by atoms with Crippen LogP contribution in [0.15, 0.2) is 29.1 Å². The molecule has 138 valence electrons. The van der Waals surface area contributed by atoms with E-state index in [2.05, 4.69) is 16.9 Å². The highest BCUT2D eigenvalue weighted by atomic mass is 16.1. The third kappa shape index (κ3) is 3.86. The first-order valence-electron chi connectivity index (χ1n) is 9.20. The number of aromatic nitrogens is 1. The Labute approximate surface area is 158 Å². The standard InChI is InChI=1S/C21H23N5O/c1-26(16-8-3-2-4-9-16)13-14-6-5-7-15(10-14)19-17(11-22)20(24)25-21(27)18(19)12-23/h5-7,10,16H,2-4,8-9,13H2,1H3,(H3,24,25,27). The maximum Gasteiger partial charge on any atom is 0.268 e. The first-order valence-corrected chi connectivity index (χ1v) is 9.20. The molecule has 6 nitrogen and oxygen atoms in total. The number of nitrogens with one attached hydrogen (secondary N) is 1. The number of hydrogen-bond donors (Lipinski definition) is 2. The van der Waals surface area contributed by atoms with E-state index in [4.69, 9.17) is 5.73 Å². The lowest BCUT2D eigenvalue weighted by molar-refractivity contribution is 0.184. The Hall–Kier alpha value is -3.09. The molecule has 2 aromatic rings. The number of H-pyrrole nitrogens is 1. The van der Waals surface area contributed by atoms with Crippen LogP contribution in [0.2, 0.25) is 0 Å². The quantitative estimate of drug-likeness (QED) is 0.869. The van der Waals surface area contributed by atoms with Gasteiger partial charge in [0.2, 0.25) is 0 Å². The maximum atomic E-state index is 12.1. The lowest BCUT2D eigenvalue weighted by Crippen LogP contribution is -2.32. The predicted molar refractivity (Wildman–Crippen MR) is 105 cm³/mol. The molecule has 6 heteroatoms. The number of nitrogen functional groups attached to an aromatic ring is 1. The molecule has 0 atom stereocenters. The Morgan fingerprint density at radius 2 is 1.89 bits per heavy atom. The summed E-state index contributed by atoms with van der Waals surface area (Å²) in [6.07, 6.45) is 6.31. The second kappa shape index (κ2) is 8.07. The highest BCUT2D eigenvalue weighted by Gasteiger charge is 2.20. The molecule has 0 spiro atoms. The van der Waals surface area contributed by atoms with Crippen molar-refractivity contribution in [1.29, 1.82) is 10.5 Å². The normalized spacial score (nSPS) is 14.7. The van der Waals surface area contributed by atoms with Gasteiger partial charge in [-0.15, -0.1) is 0 Å². The Morgan fingerprint density at radius 3 is 2.56 bits per heavy atom. The first-order chi connectivity index (χ1) is 13.0. The number of hydrogen-bond acceptors (Lipinski definition) is 5. The van der Waals surface area contributed by atoms with Gasteiger partial charge in [0.25, 0.3) is 5.56 Å². The highest BCUT2D eigenvalue weighted by molar-refractivity contribution is 5.80. The smallest absolute Gasteiger partial charge is 0.268 e. The fourth-order valence-corrected chi connectivity index (χ4v) is 3.90. The molecule has 1 aromatic carbocycles. The van der Waals surface area contributed by atoms with Crippen molar-refractivity contribution >= 4 is 5.82 Å². The third-order valence-corrected chi connectivity index (χ3v) is 5.31. The summed E-state index contributed by atoms with van der Waals surface area (Å²) in [5.74, 6) is -0.0128. The Balaban J connectivity index is 1.98. The van der Waals surface area contributed by atoms with E-state index >= 15 is 0 Å². The van der Waals surface area contributed by atoms with E-state index < -0.39 is 5.56 Å². The minimum Gasteiger partial charge on any atom is -0.384 e. The SMILES string of the molecule is CN(Cc1cccc(-c2c(C#N)c(N)[nH]c(=O)c2C#N)c1)C1CCCCC1. The van der Waals surface area contributed by atoms with Gasteiger partial charge in [0.15, 0.2) is 0 Å². The second-order valence-corrected chi connectivity index (χ2v) is 7.12. The van der Waals surface area contributed by atoms with Gasteiger partial charge >= 0.3 is 0 Å². The summed E-state index contributed by atoms with van der Waals surface area (Å²) < 4.78 is 0. The zero-order chi connectivity index (χ0) is 19.4. The minimum atomic E-state index is -0.575. The van der Waals surface area contributed by atoms with Crippen LogP contribution < -0.4 is 11.3 Å². The molecule has 0 bridgehead atoms. The number of nitriles is 2. The van der Waals surface area contributed by atoms with Gasteiger partial charge in [0, 0.05) is 18.2 Å². The highest BCUT2D eigenvalue weighted by Crippen LogP contribution is 2.29. The van der Waals surface area contributed by atoms with Gasteiger partial charge in [0.05, 0.1) is 0 Å². The molecule has 1 heterocycles. The largest absolute Gasteiger partial charge is 0.384 e. The Kier molecular flexibility index (Phi) is 5.59. The van der Waals surface area contributed by atoms with Gasteiger partial charge in [-0.05, 0) is 37.1 Å². The molecule has 1 saturated carbocycles. The molecular formula is C21H23N5O. The predicted octanol–water partition coefficient (Wildman–Crippen LogP) is 3.13. The van der Waals surface area contributed by atoms with Crippen LogP contribution in [0.25, 0.3) is 11.1 Å². The van der Waals surface area contributed by atoms with E-state index in [1.54, 1.807) is 6.07 Å². The lowest BCUT2D eigenvalue weighted by atomic mass is 9.93. The number of benzene rings is 1. The summed E-state index contributed by atoms with van der Waals surface area (Å²) in [6.45, 7) is 0.779. The van der Waals surface area contributed by atoms with Gasteiger partial charge in [-0.2, -0.15) is 10.5 Å². The van der Waals surface area contributed by atoms with Gasteiger partial charge < -0.3 is 10.7 Å². The summed E-state index contributed by atoms with van der Waals surface area (Å²) in [5.41, 5.74) is 7.33. The molecule has 3 rings (SSSR count). The van der Waals surface area contributed by atoms with Crippen LogP contribution in [0, 0.1) is 22.7 Å². The fourth-order valence-electron chi connectivity index (χ4n) is 3.90. The molecule has 1 aliphatic carbocycles. The first kappa shape index (κ1) is 18.7. The van der Waals surface area contributed by atoms with Crippen molar-refractivity contribution in [2.24, 2.45) is 0 Å². The van der Waals surface area contributed by atoms with Gasteiger partial charge in [-0.25, -0.2) is 0 Å². The molecule has 27 heavy (non-hydrogen) atoms. The number of anilines is 1. The maximum absolute atomic E-state index is 12.1. The summed E-state index contributed by atoms with van der Waals surface area (Å²) in [4.78, 5) is 16.9. The van der Waals surface area contributed by atoms with E-state index in [9.17, 15) is 15.3 Å². The van der Waals surface area contributed by atoms with Crippen LogP contribution in [-0.4, -0.2) is 23.0 Å². The average molecular weight is 361 g/mol. The van der Waals surface area contributed by atoms with Gasteiger partial charge in [-0.3, -0.25) is 9.69 Å². The topological polar surface area (TPSA) is 110 Å². The number of nitrogens with zero attached hydrogens (tertiary/aromatic N) is 3. The van der Waals surface area contributed by atoms with Crippen LogP contribution in [0.3, 0.4) is 0 Å². The zero-order valence-corrected chi connectivity index (χ0v) is 15.5. The number of nitrogens with two attached hydrogens (primary N) is 1. The van der Waals surface area contributed by atoms with Crippen LogP contribution in [0.1, 0.15) is 48.8 Å². The molecule has 1 aromatic heterocycles. The van der Waals surface area contributed by atoms with Crippen LogP contribution in [-0.2, 0) is 6.54 Å². The van der Waals surface area contributed by atoms with Crippen LogP contribution in [0.5, 0.6) is 0 Å². The van der Waals surface area contributed by atoms with E-state index in [-0.39, 0.29) is 16.9 Å². The van der Waals surface area contributed by atoms with Crippen LogP contribution >= 0.6 is 0 Å². The molecule has 1 fully saturated rings. The summed E-state index contributed by atoms with van der Waals surface area (Å²) in [5, 5.41) is 18.9. The molecule has 0 unspecified atom stereocenters. The molecular weight excluding hydrogens is 338 g/mol. The molecule has 0 aliphatic heterocycles. The molecule has 1 aliphatic rings.